The van der Waals surface area contributed by atoms with Crippen LogP contribution < -0.4 is 10.6 Å². The number of aliphatic carboxylic acids is 2. The molecule has 4 rings (SSSR count). The number of aliphatic hydroxyl groups is 1. The van der Waals surface area contributed by atoms with E-state index in [0.717, 1.165) is 42.2 Å². The zero-order chi connectivity index (χ0) is 28.9. The molecule has 0 saturated heterocycles. The number of rotatable bonds is 9. The average Bonchev–Trinajstić information content (AvgIpc) is 3.51. The van der Waals surface area contributed by atoms with E-state index in [-0.39, 0.29) is 17.6 Å². The lowest BCUT2D eigenvalue weighted by molar-refractivity contribution is -0.152. The molecule has 0 radical (unpaired) electrons. The van der Waals surface area contributed by atoms with Crippen molar-refractivity contribution in [3.8, 4) is 0 Å². The number of carbonyl (C=O) groups excluding carboxylic acids is 2. The van der Waals surface area contributed by atoms with Crippen molar-refractivity contribution in [3.63, 3.8) is 0 Å². The smallest absolute Gasteiger partial charge is 0.333 e. The molecule has 0 unspecified atom stereocenters. The molecule has 1 aliphatic carbocycles. The van der Waals surface area contributed by atoms with Crippen molar-refractivity contribution in [2.45, 2.75) is 46.1 Å². The molecule has 1 aliphatic heterocycles. The molecular weight excluding hydrogens is 511 g/mol. The van der Waals surface area contributed by atoms with E-state index in [0.29, 0.717) is 41.8 Å². The second-order valence-corrected chi connectivity index (χ2v) is 9.21. The van der Waals surface area contributed by atoms with E-state index in [2.05, 4.69) is 34.4 Å². The lowest BCUT2D eigenvalue weighted by Crippen LogP contribution is -2.35. The van der Waals surface area contributed by atoms with E-state index < -0.39 is 24.5 Å². The fourth-order valence-corrected chi connectivity index (χ4v) is 4.77. The van der Waals surface area contributed by atoms with Crippen molar-refractivity contribution >= 4 is 40.6 Å². The fraction of sp³-hybridized carbons (Fsp3) is 0.407. The van der Waals surface area contributed by atoms with Gasteiger partial charge < -0.3 is 35.8 Å². The Labute approximate surface area is 224 Å². The highest BCUT2D eigenvalue weighted by atomic mass is 19.1. The number of aliphatic hydroxyl groups excluding tert-OH is 1. The SMILES string of the molecule is CCN(CC)CCNC(=O)c1c(C)[nH]c2c1CC/C2=C1/C(=O)Nc2cc(F)ccc21.O=C(O)C[C@H](O)C(=O)O. The third kappa shape index (κ3) is 6.70. The summed E-state index contributed by atoms with van der Waals surface area (Å²) < 4.78 is 13.6. The normalized spacial score (nSPS) is 16.2. The predicted molar refractivity (Wildman–Crippen MR) is 142 cm³/mol. The largest absolute Gasteiger partial charge is 0.481 e. The molecule has 6 N–H and O–H groups in total. The van der Waals surface area contributed by atoms with Gasteiger partial charge >= 0.3 is 11.9 Å². The van der Waals surface area contributed by atoms with Gasteiger partial charge in [0, 0.05) is 30.0 Å². The Balaban J connectivity index is 0.000000403. The Kier molecular flexibility index (Phi) is 9.60. The molecular formula is C27H33FN4O7. The van der Waals surface area contributed by atoms with Crippen LogP contribution in [0.2, 0.25) is 0 Å². The number of halogens is 1. The van der Waals surface area contributed by atoms with Crippen LogP contribution in [0.5, 0.6) is 0 Å². The molecule has 2 heterocycles. The van der Waals surface area contributed by atoms with Gasteiger partial charge in [-0.3, -0.25) is 14.4 Å². The van der Waals surface area contributed by atoms with E-state index in [4.69, 9.17) is 15.3 Å². The number of anilines is 1. The first kappa shape index (κ1) is 29.5. The van der Waals surface area contributed by atoms with Crippen LogP contribution in [0.25, 0.3) is 11.1 Å². The van der Waals surface area contributed by atoms with E-state index in [9.17, 15) is 23.6 Å². The van der Waals surface area contributed by atoms with Crippen LogP contribution in [0.4, 0.5) is 10.1 Å². The van der Waals surface area contributed by atoms with Crippen LogP contribution in [0.3, 0.4) is 0 Å². The highest BCUT2D eigenvalue weighted by Crippen LogP contribution is 2.44. The van der Waals surface area contributed by atoms with Gasteiger partial charge in [0.05, 0.1) is 23.2 Å². The number of aromatic nitrogens is 1. The van der Waals surface area contributed by atoms with E-state index >= 15 is 0 Å². The molecule has 1 atom stereocenters. The minimum Gasteiger partial charge on any atom is -0.481 e. The van der Waals surface area contributed by atoms with Crippen LogP contribution in [0.1, 0.15) is 59.6 Å². The van der Waals surface area contributed by atoms with Gasteiger partial charge in [0.1, 0.15) is 5.82 Å². The van der Waals surface area contributed by atoms with E-state index in [1.54, 1.807) is 6.07 Å². The number of hydrogen-bond acceptors (Lipinski definition) is 6. The molecule has 0 spiro atoms. The van der Waals surface area contributed by atoms with Gasteiger partial charge in [-0.15, -0.1) is 0 Å². The first-order valence-electron chi connectivity index (χ1n) is 12.7. The number of H-pyrrole nitrogens is 1. The monoisotopic (exact) mass is 544 g/mol. The Hall–Kier alpha value is -4.03. The van der Waals surface area contributed by atoms with Crippen LogP contribution in [-0.2, 0) is 20.8 Å². The van der Waals surface area contributed by atoms with Crippen LogP contribution in [0, 0.1) is 12.7 Å². The molecule has 12 heteroatoms. The maximum absolute atomic E-state index is 13.6. The first-order chi connectivity index (χ1) is 18.5. The molecule has 39 heavy (non-hydrogen) atoms. The number of carbonyl (C=O) groups is 4. The molecule has 0 saturated carbocycles. The summed E-state index contributed by atoms with van der Waals surface area (Å²) in [6, 6.07) is 4.34. The number of carboxylic acids is 2. The Morgan fingerprint density at radius 3 is 2.44 bits per heavy atom. The number of allylic oxidation sites excluding steroid dienone is 1. The van der Waals surface area contributed by atoms with Crippen LogP contribution >= 0.6 is 0 Å². The number of hydrogen-bond donors (Lipinski definition) is 6. The number of aryl methyl sites for hydroxylation is 1. The van der Waals surface area contributed by atoms with Crippen molar-refractivity contribution in [3.05, 3.63) is 52.1 Å². The Morgan fingerprint density at radius 1 is 1.15 bits per heavy atom. The highest BCUT2D eigenvalue weighted by molar-refractivity contribution is 6.37. The predicted octanol–water partition coefficient (Wildman–Crippen LogP) is 2.25. The second-order valence-electron chi connectivity index (χ2n) is 9.21. The number of likely N-dealkylation sites (N-methyl/N-ethyl adjacent to an activating group) is 1. The zero-order valence-electron chi connectivity index (χ0n) is 22.1. The summed E-state index contributed by atoms with van der Waals surface area (Å²) in [4.78, 5) is 50.5. The van der Waals surface area contributed by atoms with Gasteiger partial charge in [0.2, 0.25) is 0 Å². The average molecular weight is 545 g/mol. The van der Waals surface area contributed by atoms with Gasteiger partial charge in [-0.2, -0.15) is 0 Å². The summed E-state index contributed by atoms with van der Waals surface area (Å²) in [5.74, 6) is -3.54. The van der Waals surface area contributed by atoms with Gasteiger partial charge in [0.25, 0.3) is 11.8 Å². The molecule has 11 nitrogen and oxygen atoms in total. The number of nitrogens with one attached hydrogen (secondary N) is 3. The number of aromatic amines is 1. The van der Waals surface area contributed by atoms with Gasteiger partial charge in [-0.25, -0.2) is 9.18 Å². The maximum atomic E-state index is 13.6. The number of fused-ring (bicyclic) bond motifs is 2. The third-order valence-corrected chi connectivity index (χ3v) is 6.73. The van der Waals surface area contributed by atoms with Crippen molar-refractivity contribution in [2.75, 3.05) is 31.5 Å². The van der Waals surface area contributed by atoms with E-state index in [1.807, 2.05) is 6.92 Å². The number of amides is 2. The molecule has 0 bridgehead atoms. The molecule has 2 amide bonds. The minimum atomic E-state index is -1.79. The standard InChI is InChI=1S/C23H27FN4O2.C4H6O5/c1-4-28(5-2)11-10-25-22(29)19-13(3)26-21-16(19)8-9-17(21)20-15-7-6-14(24)12-18(15)27-23(20)30;5-2(4(8)9)1-3(6)7/h6-7,12,26H,4-5,8-11H2,1-3H3,(H,25,29)(H,27,30);2,5H,1H2,(H,6,7)(H,8,9)/b20-17-;/t;2-/m.0/s1. The third-order valence-electron chi connectivity index (χ3n) is 6.73. The second kappa shape index (κ2) is 12.7. The summed E-state index contributed by atoms with van der Waals surface area (Å²) in [6.45, 7) is 9.41. The molecule has 2 aromatic rings. The van der Waals surface area contributed by atoms with Crippen molar-refractivity contribution in [1.29, 1.82) is 0 Å². The number of nitrogens with zero attached hydrogens (tertiary/aromatic N) is 1. The molecule has 2 aliphatic rings. The molecule has 210 valence electrons. The molecule has 0 fully saturated rings. The Bertz CT molecular complexity index is 1310. The summed E-state index contributed by atoms with van der Waals surface area (Å²) in [5, 5.41) is 29.9. The summed E-state index contributed by atoms with van der Waals surface area (Å²) in [5.41, 5.74) is 5.95. The maximum Gasteiger partial charge on any atom is 0.333 e. The van der Waals surface area contributed by atoms with Crippen LogP contribution in [-0.4, -0.2) is 81.2 Å². The fourth-order valence-electron chi connectivity index (χ4n) is 4.77. The summed E-state index contributed by atoms with van der Waals surface area (Å²) in [6.07, 6.45) is -1.18. The van der Waals surface area contributed by atoms with Crippen molar-refractivity contribution in [2.24, 2.45) is 0 Å². The van der Waals surface area contributed by atoms with Gasteiger partial charge in [-0.05, 0) is 62.2 Å². The quantitative estimate of drug-likeness (QED) is 0.261. The molecule has 1 aromatic heterocycles. The zero-order valence-corrected chi connectivity index (χ0v) is 22.1. The lowest BCUT2D eigenvalue weighted by atomic mass is 9.99. The minimum absolute atomic E-state index is 0.0817. The summed E-state index contributed by atoms with van der Waals surface area (Å²) >= 11 is 0. The number of carboxylic acid groups (broad SMARTS) is 2. The number of benzene rings is 1. The van der Waals surface area contributed by atoms with E-state index in [1.165, 1.54) is 12.1 Å². The Morgan fingerprint density at radius 2 is 1.85 bits per heavy atom. The highest BCUT2D eigenvalue weighted by Gasteiger charge is 2.34. The summed E-state index contributed by atoms with van der Waals surface area (Å²) in [7, 11) is 0. The first-order valence-corrected chi connectivity index (χ1v) is 12.7. The van der Waals surface area contributed by atoms with Crippen molar-refractivity contribution < 1.29 is 38.9 Å². The topological polar surface area (TPSA) is 172 Å². The van der Waals surface area contributed by atoms with Gasteiger partial charge in [-0.1, -0.05) is 13.8 Å². The van der Waals surface area contributed by atoms with Crippen molar-refractivity contribution in [1.82, 2.24) is 15.2 Å². The lowest BCUT2D eigenvalue weighted by Gasteiger charge is -2.18. The molecule has 1 aromatic carbocycles. The van der Waals surface area contributed by atoms with Crippen LogP contribution in [0.15, 0.2) is 18.2 Å². The van der Waals surface area contributed by atoms with Gasteiger partial charge in [0.15, 0.2) is 6.10 Å².